The summed E-state index contributed by atoms with van der Waals surface area (Å²) in [7, 11) is -2.25. The van der Waals surface area contributed by atoms with Crippen molar-refractivity contribution < 1.29 is 19.4 Å². The molecule has 0 aromatic heterocycles. The molecule has 0 radical (unpaired) electrons. The van der Waals surface area contributed by atoms with Crippen molar-refractivity contribution in [3.05, 3.63) is 0 Å². The molecule has 0 aliphatic carbocycles. The Bertz CT molecular complexity index is 208. The Labute approximate surface area is 70.9 Å². The molecule has 1 rings (SSSR count). The third kappa shape index (κ3) is 2.24. The summed E-state index contributed by atoms with van der Waals surface area (Å²) in [6.07, 6.45) is 1.35. The van der Waals surface area contributed by atoms with Crippen molar-refractivity contribution in [2.75, 3.05) is 12.8 Å². The van der Waals surface area contributed by atoms with Crippen LogP contribution in [0.4, 0.5) is 0 Å². The van der Waals surface area contributed by atoms with E-state index in [-0.39, 0.29) is 6.29 Å². The largest absolute Gasteiger partial charge is 0.521 e. The Balaban J connectivity index is 2.52. The van der Waals surface area contributed by atoms with E-state index in [9.17, 15) is 9.36 Å². The van der Waals surface area contributed by atoms with Crippen LogP contribution in [-0.2, 0) is 9.36 Å². The monoisotopic (exact) mass is 192 g/mol. The molecule has 2 atom stereocenters. The molecular formula is C6H11NO4P+. The Morgan fingerprint density at radius 3 is 2.83 bits per heavy atom. The molecule has 68 valence electrons. The highest BCUT2D eigenvalue weighted by Crippen LogP contribution is 2.24. The lowest BCUT2D eigenvalue weighted by Gasteiger charge is -2.13. The number of rotatable bonds is 3. The third-order valence-corrected chi connectivity index (χ3v) is 2.56. The van der Waals surface area contributed by atoms with Crippen LogP contribution < -0.4 is 0 Å². The zero-order chi connectivity index (χ0) is 9.14. The zero-order valence-corrected chi connectivity index (χ0v) is 7.41. The molecule has 1 heterocycles. The molecule has 0 bridgehead atoms. The fraction of sp³-hybridized carbons (Fsp3) is 0.833. The fourth-order valence-corrected chi connectivity index (χ4v) is 2.08. The lowest BCUT2D eigenvalue weighted by atomic mass is 10.2. The lowest BCUT2D eigenvalue weighted by molar-refractivity contribution is -0.141. The van der Waals surface area contributed by atoms with Crippen molar-refractivity contribution in [2.45, 2.75) is 18.9 Å². The van der Waals surface area contributed by atoms with Crippen molar-refractivity contribution in [2.24, 2.45) is 0 Å². The first-order valence-corrected chi connectivity index (χ1v) is 5.11. The van der Waals surface area contributed by atoms with Crippen molar-refractivity contribution in [3.8, 4) is 0 Å². The maximum absolute atomic E-state index is 10.6. The van der Waals surface area contributed by atoms with E-state index in [1.807, 2.05) is 0 Å². The first-order valence-electron chi connectivity index (χ1n) is 3.71. The Kier molecular flexibility index (Phi) is 3.14. The quantitative estimate of drug-likeness (QED) is 0.625. The summed E-state index contributed by atoms with van der Waals surface area (Å²) >= 11 is 0. The molecule has 6 heteroatoms. The minimum Gasteiger partial charge on any atom is -0.480 e. The van der Waals surface area contributed by atoms with Crippen molar-refractivity contribution in [3.63, 3.8) is 0 Å². The van der Waals surface area contributed by atoms with E-state index in [0.29, 0.717) is 13.0 Å². The smallest absolute Gasteiger partial charge is 0.480 e. The molecule has 0 aromatic carbocycles. The molecule has 2 unspecified atom stereocenters. The predicted molar refractivity (Wildman–Crippen MR) is 42.1 cm³/mol. The van der Waals surface area contributed by atoms with E-state index >= 15 is 0 Å². The summed E-state index contributed by atoms with van der Waals surface area (Å²) in [5.74, 6) is -0.899. The molecule has 0 spiro atoms. The van der Waals surface area contributed by atoms with Gasteiger partial charge in [0, 0.05) is 6.54 Å². The maximum Gasteiger partial charge on any atom is 0.521 e. The van der Waals surface area contributed by atoms with Gasteiger partial charge in [0.25, 0.3) is 0 Å². The number of carboxylic acids is 1. The van der Waals surface area contributed by atoms with Gasteiger partial charge in [-0.1, -0.05) is 0 Å². The molecular weight excluding hydrogens is 181 g/mol. The van der Waals surface area contributed by atoms with Crippen molar-refractivity contribution in [1.29, 1.82) is 0 Å². The summed E-state index contributed by atoms with van der Waals surface area (Å²) in [5, 5.41) is 8.68. The second-order valence-corrected chi connectivity index (χ2v) is 3.79. The highest BCUT2D eigenvalue weighted by molar-refractivity contribution is 7.37. The molecule has 1 aliphatic rings. The average molecular weight is 192 g/mol. The van der Waals surface area contributed by atoms with Gasteiger partial charge in [0.1, 0.15) is 6.04 Å². The minimum atomic E-state index is -2.25. The van der Waals surface area contributed by atoms with Crippen LogP contribution in [0, 0.1) is 0 Å². The Morgan fingerprint density at radius 2 is 2.33 bits per heavy atom. The van der Waals surface area contributed by atoms with Crippen molar-refractivity contribution >= 4 is 14.0 Å². The van der Waals surface area contributed by atoms with E-state index in [1.165, 1.54) is 0 Å². The highest BCUT2D eigenvalue weighted by Gasteiger charge is 2.34. The van der Waals surface area contributed by atoms with Gasteiger partial charge in [-0.05, 0) is 17.4 Å². The lowest BCUT2D eigenvalue weighted by Crippen LogP contribution is -2.35. The summed E-state index contributed by atoms with van der Waals surface area (Å²) in [6, 6.07) is -0.559. The molecule has 0 amide bonds. The normalized spacial score (nSPS) is 25.8. The molecule has 12 heavy (non-hydrogen) atoms. The van der Waals surface area contributed by atoms with Crippen LogP contribution in [0.5, 0.6) is 0 Å². The van der Waals surface area contributed by atoms with Crippen LogP contribution in [0.25, 0.3) is 0 Å². The van der Waals surface area contributed by atoms with Gasteiger partial charge in [-0.2, -0.15) is 4.89 Å². The average Bonchev–Trinajstić information content (AvgIpc) is 2.33. The van der Waals surface area contributed by atoms with Gasteiger partial charge in [0.2, 0.25) is 6.29 Å². The summed E-state index contributed by atoms with van der Waals surface area (Å²) < 4.78 is 10.4. The number of nitrogens with zero attached hydrogens (tertiary/aromatic N) is 1. The number of likely N-dealkylation sites (tertiary alicyclic amines) is 1. The first kappa shape index (κ1) is 9.58. The van der Waals surface area contributed by atoms with Crippen molar-refractivity contribution in [1.82, 2.24) is 4.90 Å². The van der Waals surface area contributed by atoms with Crippen LogP contribution in [0.1, 0.15) is 12.8 Å². The highest BCUT2D eigenvalue weighted by atomic mass is 31.1. The molecule has 5 nitrogen and oxygen atoms in total. The number of hydrogen-bond donors (Lipinski definition) is 2. The van der Waals surface area contributed by atoms with Crippen LogP contribution in [0.15, 0.2) is 0 Å². The molecule has 2 N–H and O–H groups in total. The standard InChI is InChI=1S/C6H10NO4P/c8-6(9)5-2-1-3-7(5)4-12(10)11/h5H,1-4H2,(H-,8,9,10,11)/p+1. The van der Waals surface area contributed by atoms with E-state index < -0.39 is 20.0 Å². The molecule has 1 fully saturated rings. The van der Waals surface area contributed by atoms with Gasteiger partial charge in [0.05, 0.1) is 0 Å². The van der Waals surface area contributed by atoms with E-state index in [2.05, 4.69) is 0 Å². The van der Waals surface area contributed by atoms with Gasteiger partial charge in [-0.3, -0.25) is 4.79 Å². The SMILES string of the molecule is O=C(O)C1CCCN1C[P+](=O)O. The van der Waals surface area contributed by atoms with Gasteiger partial charge in [-0.15, -0.1) is 0 Å². The molecule has 1 saturated heterocycles. The molecule has 1 aliphatic heterocycles. The second kappa shape index (κ2) is 3.94. The van der Waals surface area contributed by atoms with E-state index in [0.717, 1.165) is 6.42 Å². The van der Waals surface area contributed by atoms with E-state index in [1.54, 1.807) is 4.90 Å². The van der Waals surface area contributed by atoms with Crippen LogP contribution in [-0.4, -0.2) is 39.7 Å². The summed E-state index contributed by atoms with van der Waals surface area (Å²) in [6.45, 7) is 0.610. The van der Waals surface area contributed by atoms with Gasteiger partial charge in [0.15, 0.2) is 0 Å². The Morgan fingerprint density at radius 1 is 1.67 bits per heavy atom. The maximum atomic E-state index is 10.6. The fourth-order valence-electron chi connectivity index (χ4n) is 1.43. The number of hydrogen-bond acceptors (Lipinski definition) is 3. The van der Waals surface area contributed by atoms with Crippen LogP contribution in [0.2, 0.25) is 0 Å². The number of carboxylic acid groups (broad SMARTS) is 1. The van der Waals surface area contributed by atoms with Gasteiger partial charge in [-0.25, -0.2) is 4.90 Å². The van der Waals surface area contributed by atoms with E-state index in [4.69, 9.17) is 10.00 Å². The third-order valence-electron chi connectivity index (χ3n) is 1.95. The molecule has 0 aromatic rings. The summed E-state index contributed by atoms with van der Waals surface area (Å²) in [4.78, 5) is 20.7. The van der Waals surface area contributed by atoms with Crippen LogP contribution in [0.3, 0.4) is 0 Å². The predicted octanol–water partition coefficient (Wildman–Crippen LogP) is 0.228. The number of carbonyl (C=O) groups is 1. The second-order valence-electron chi connectivity index (χ2n) is 2.80. The van der Waals surface area contributed by atoms with Gasteiger partial charge >= 0.3 is 14.0 Å². The number of aliphatic carboxylic acids is 1. The summed E-state index contributed by atoms with van der Waals surface area (Å²) in [5.41, 5.74) is 0. The first-order chi connectivity index (χ1) is 5.61. The Hall–Kier alpha value is -0.510. The van der Waals surface area contributed by atoms with Crippen LogP contribution >= 0.6 is 8.03 Å². The minimum absolute atomic E-state index is 0.0215. The van der Waals surface area contributed by atoms with Gasteiger partial charge < -0.3 is 5.11 Å². The topological polar surface area (TPSA) is 77.8 Å². The zero-order valence-electron chi connectivity index (χ0n) is 6.51. The molecule has 0 saturated carbocycles.